The molecule has 212 valence electrons. The van der Waals surface area contributed by atoms with Crippen molar-refractivity contribution in [1.29, 1.82) is 5.26 Å². The normalized spacial score (nSPS) is 21.3. The molecule has 0 radical (unpaired) electrons. The largest absolute Gasteiger partial charge is 0.391 e. The summed E-state index contributed by atoms with van der Waals surface area (Å²) in [4.78, 5) is 15.5. The van der Waals surface area contributed by atoms with Gasteiger partial charge in [0.05, 0.1) is 23.2 Å². The number of ether oxygens (including phenoxy) is 1. The molecule has 2 aliphatic heterocycles. The van der Waals surface area contributed by atoms with Gasteiger partial charge in [-0.25, -0.2) is 17.9 Å². The molecule has 13 heteroatoms. The van der Waals surface area contributed by atoms with Crippen molar-refractivity contribution in [2.75, 3.05) is 26.3 Å². The second-order valence-electron chi connectivity index (χ2n) is 10.3. The fourth-order valence-corrected chi connectivity index (χ4v) is 6.57. The second kappa shape index (κ2) is 10.9. The number of aromatic nitrogens is 3. The van der Waals surface area contributed by atoms with E-state index in [9.17, 15) is 14.3 Å². The molecule has 0 aliphatic carbocycles. The van der Waals surface area contributed by atoms with Crippen LogP contribution in [0.3, 0.4) is 0 Å². The average molecular weight is 583 g/mol. The van der Waals surface area contributed by atoms with Crippen molar-refractivity contribution >= 4 is 28.3 Å². The van der Waals surface area contributed by atoms with Crippen molar-refractivity contribution in [3.8, 4) is 27.6 Å². The number of carbonyl (C=O) groups excluding carboxylic acids is 1. The van der Waals surface area contributed by atoms with Crippen LogP contribution in [0.5, 0.6) is 0 Å². The highest BCUT2D eigenvalue weighted by molar-refractivity contribution is 7.18. The lowest BCUT2D eigenvalue weighted by atomic mass is 9.99. The van der Waals surface area contributed by atoms with E-state index in [1.54, 1.807) is 11.0 Å². The van der Waals surface area contributed by atoms with Gasteiger partial charge in [0.15, 0.2) is 11.6 Å². The van der Waals surface area contributed by atoms with Crippen LogP contribution in [0.1, 0.15) is 40.5 Å². The van der Waals surface area contributed by atoms with E-state index in [1.807, 2.05) is 0 Å². The topological polar surface area (TPSA) is 130 Å². The van der Waals surface area contributed by atoms with Crippen LogP contribution in [0.15, 0.2) is 30.3 Å². The Kier molecular flexibility index (Phi) is 7.25. The Morgan fingerprint density at radius 1 is 1.17 bits per heavy atom. The van der Waals surface area contributed by atoms with Gasteiger partial charge < -0.3 is 20.5 Å². The lowest BCUT2D eigenvalue weighted by Gasteiger charge is -2.30. The maximum absolute atomic E-state index is 15.9. The summed E-state index contributed by atoms with van der Waals surface area (Å²) >= 11 is 0.952. The summed E-state index contributed by atoms with van der Waals surface area (Å²) in [6, 6.07) is 7.62. The Morgan fingerprint density at radius 2 is 2.00 bits per heavy atom. The first-order valence-corrected chi connectivity index (χ1v) is 14.0. The monoisotopic (exact) mass is 582 g/mol. The number of piperidine rings is 1. The number of rotatable bonds is 4. The molecular formula is C28H25F3N6O3S. The number of benzene rings is 2. The van der Waals surface area contributed by atoms with E-state index in [-0.39, 0.29) is 56.0 Å². The van der Waals surface area contributed by atoms with E-state index < -0.39 is 29.6 Å². The molecule has 0 unspecified atom stereocenters. The van der Waals surface area contributed by atoms with Crippen molar-refractivity contribution in [3.05, 3.63) is 58.2 Å². The summed E-state index contributed by atoms with van der Waals surface area (Å²) in [5.41, 5.74) is 6.12. The second-order valence-corrected chi connectivity index (χ2v) is 11.3. The first-order chi connectivity index (χ1) is 19.8. The van der Waals surface area contributed by atoms with E-state index in [0.717, 1.165) is 34.9 Å². The molecule has 6 rings (SSSR count). The molecule has 2 fully saturated rings. The molecular weight excluding hydrogens is 557 g/mol. The van der Waals surface area contributed by atoms with Crippen LogP contribution >= 0.6 is 11.3 Å². The van der Waals surface area contributed by atoms with Gasteiger partial charge in [-0.3, -0.25) is 4.79 Å². The van der Waals surface area contributed by atoms with E-state index in [0.29, 0.717) is 31.7 Å². The Labute approximate surface area is 236 Å². The number of hydrogen-bond acceptors (Lipinski definition) is 8. The minimum Gasteiger partial charge on any atom is -0.391 e. The van der Waals surface area contributed by atoms with E-state index >= 15 is 8.78 Å². The molecule has 41 heavy (non-hydrogen) atoms. The number of fused-ring (bicyclic) bond motifs is 1. The first kappa shape index (κ1) is 27.3. The number of aliphatic hydroxyl groups is 1. The van der Waals surface area contributed by atoms with Crippen LogP contribution in [-0.2, 0) is 4.74 Å². The van der Waals surface area contributed by atoms with Gasteiger partial charge in [-0.15, -0.1) is 16.4 Å². The summed E-state index contributed by atoms with van der Waals surface area (Å²) in [7, 11) is 0. The maximum atomic E-state index is 15.9. The number of halogens is 3. The molecule has 1 amide bonds. The fourth-order valence-electron chi connectivity index (χ4n) is 5.42. The molecule has 9 nitrogen and oxygen atoms in total. The summed E-state index contributed by atoms with van der Waals surface area (Å²) in [6.07, 6.45) is 0.977. The van der Waals surface area contributed by atoms with Crippen molar-refractivity contribution in [1.82, 2.24) is 19.9 Å². The van der Waals surface area contributed by atoms with Gasteiger partial charge >= 0.3 is 0 Å². The predicted octanol–water partition coefficient (Wildman–Crippen LogP) is 4.00. The Morgan fingerprint density at radius 3 is 2.73 bits per heavy atom. The van der Waals surface area contributed by atoms with Gasteiger partial charge in [-0.1, -0.05) is 11.3 Å². The van der Waals surface area contributed by atoms with E-state index in [4.69, 9.17) is 15.7 Å². The molecule has 2 aromatic carbocycles. The zero-order valence-electron chi connectivity index (χ0n) is 21.7. The molecule has 0 saturated carbocycles. The molecule has 2 saturated heterocycles. The fraction of sp³-hybridized carbons (Fsp3) is 0.357. The number of aliphatic hydroxyl groups excluding tert-OH is 1. The third-order valence-electron chi connectivity index (χ3n) is 7.58. The van der Waals surface area contributed by atoms with Crippen LogP contribution in [-0.4, -0.2) is 69.4 Å². The van der Waals surface area contributed by atoms with Crippen LogP contribution < -0.4 is 5.73 Å². The van der Waals surface area contributed by atoms with Crippen LogP contribution in [0, 0.1) is 28.8 Å². The van der Waals surface area contributed by atoms with Crippen LogP contribution in [0.2, 0.25) is 0 Å². The van der Waals surface area contributed by atoms with Gasteiger partial charge in [0.2, 0.25) is 0 Å². The summed E-state index contributed by atoms with van der Waals surface area (Å²) in [5.74, 6) is -3.52. The van der Waals surface area contributed by atoms with Gasteiger partial charge in [0, 0.05) is 41.7 Å². The van der Waals surface area contributed by atoms with Crippen molar-refractivity contribution in [2.24, 2.45) is 5.73 Å². The molecule has 2 aliphatic rings. The molecule has 4 aromatic rings. The highest BCUT2D eigenvalue weighted by atomic mass is 32.1. The standard InChI is InChI=1S/C28H25F3N6O3S/c29-19-8-14(3-4-15(19)11-32)17-10-23(28(39)36-6-1-2-16(33)12-36)41-27(17)18-9-20-26(25(31)24(18)30)37(35-34-20)21-13-40-7-5-22(21)38/h3-4,8-10,16,21-22,38H,1-2,5-7,12-13,33H2/t16-,21+,22+/m1/s1. The minimum atomic E-state index is -1.22. The molecule has 3 N–H and O–H groups in total. The van der Waals surface area contributed by atoms with Crippen molar-refractivity contribution in [2.45, 2.75) is 37.5 Å². The van der Waals surface area contributed by atoms with Crippen molar-refractivity contribution < 1.29 is 27.8 Å². The number of nitrogens with zero attached hydrogens (tertiary/aromatic N) is 5. The SMILES string of the molecule is N#Cc1ccc(-c2cc(C(=O)N3CCC[C@@H](N)C3)sc2-c2cc3nnn([C@H]4COCC[C@@H]4O)c3c(F)c2F)cc1F. The quantitative estimate of drug-likeness (QED) is 0.372. The number of carbonyl (C=O) groups is 1. The Hall–Kier alpha value is -3.83. The highest BCUT2D eigenvalue weighted by Gasteiger charge is 2.32. The lowest BCUT2D eigenvalue weighted by molar-refractivity contribution is -0.0322. The third kappa shape index (κ3) is 4.87. The highest BCUT2D eigenvalue weighted by Crippen LogP contribution is 2.43. The minimum absolute atomic E-state index is 0.0388. The number of thiophene rings is 1. The van der Waals surface area contributed by atoms with Crippen molar-refractivity contribution in [3.63, 3.8) is 0 Å². The number of likely N-dealkylation sites (tertiary alicyclic amines) is 1. The molecule has 2 aromatic heterocycles. The average Bonchev–Trinajstić information content (AvgIpc) is 3.60. The molecule has 4 heterocycles. The smallest absolute Gasteiger partial charge is 0.264 e. The van der Waals surface area contributed by atoms with Gasteiger partial charge in [-0.05, 0) is 49.1 Å². The number of amides is 1. The number of nitriles is 1. The van der Waals surface area contributed by atoms with Crippen LogP contribution in [0.25, 0.3) is 32.6 Å². The zero-order chi connectivity index (χ0) is 28.8. The van der Waals surface area contributed by atoms with Gasteiger partial charge in [-0.2, -0.15) is 5.26 Å². The predicted molar refractivity (Wildman–Crippen MR) is 144 cm³/mol. The lowest BCUT2D eigenvalue weighted by Crippen LogP contribution is -2.45. The molecule has 0 spiro atoms. The van der Waals surface area contributed by atoms with E-state index in [1.165, 1.54) is 24.3 Å². The zero-order valence-corrected chi connectivity index (χ0v) is 22.5. The van der Waals surface area contributed by atoms with E-state index in [2.05, 4.69) is 10.3 Å². The molecule has 3 atom stereocenters. The Balaban J connectivity index is 1.50. The Bertz CT molecular complexity index is 1700. The molecule has 0 bridgehead atoms. The summed E-state index contributed by atoms with van der Waals surface area (Å²) in [5, 5.41) is 27.6. The number of nitrogens with two attached hydrogens (primary N) is 1. The van der Waals surface area contributed by atoms with Crippen LogP contribution in [0.4, 0.5) is 13.2 Å². The number of hydrogen-bond donors (Lipinski definition) is 2. The first-order valence-electron chi connectivity index (χ1n) is 13.1. The third-order valence-corrected chi connectivity index (χ3v) is 8.73. The van der Waals surface area contributed by atoms with Gasteiger partial charge in [0.25, 0.3) is 5.91 Å². The summed E-state index contributed by atoms with van der Waals surface area (Å²) < 4.78 is 52.8. The maximum Gasteiger partial charge on any atom is 0.264 e. The summed E-state index contributed by atoms with van der Waals surface area (Å²) in [6.45, 7) is 1.28. The van der Waals surface area contributed by atoms with Gasteiger partial charge in [0.1, 0.15) is 29.0 Å².